The van der Waals surface area contributed by atoms with Crippen LogP contribution in [0, 0.1) is 11.3 Å². The van der Waals surface area contributed by atoms with Crippen molar-refractivity contribution < 1.29 is 55.7 Å². The largest absolute Gasteiger partial charge is 0.497 e. The van der Waals surface area contributed by atoms with E-state index in [9.17, 15) is 31.1 Å². The Morgan fingerprint density at radius 1 is 0.974 bits per heavy atom. The molecule has 16 heteroatoms. The van der Waals surface area contributed by atoms with Gasteiger partial charge in [-0.1, -0.05) is 12.1 Å². The monoisotopic (exact) mass is 570 g/mol. The molecule has 0 aromatic heterocycles. The number of carboxylic acids is 2. The first-order valence-electron chi connectivity index (χ1n) is 11.3. The SMILES string of the molecule is COc1ccc(CN2CCC3(CC2)C(=O)N(CC#N)CCN3C)cc1.O=C(O)C(F)(F)F.O=C(O)C(F)(F)F. The first-order chi connectivity index (χ1) is 18.0. The van der Waals surface area contributed by atoms with Crippen LogP contribution in [0.2, 0.25) is 0 Å². The molecule has 1 spiro atoms. The van der Waals surface area contributed by atoms with Gasteiger partial charge in [0.1, 0.15) is 17.8 Å². The summed E-state index contributed by atoms with van der Waals surface area (Å²) in [4.78, 5) is 37.1. The molecule has 218 valence electrons. The van der Waals surface area contributed by atoms with Crippen molar-refractivity contribution in [2.75, 3.05) is 46.9 Å². The van der Waals surface area contributed by atoms with E-state index in [2.05, 4.69) is 28.0 Å². The molecule has 2 heterocycles. The number of carbonyl (C=O) groups is 3. The number of hydrogen-bond donors (Lipinski definition) is 2. The lowest BCUT2D eigenvalue weighted by Crippen LogP contribution is -2.67. The highest BCUT2D eigenvalue weighted by Crippen LogP contribution is 2.33. The second-order valence-corrected chi connectivity index (χ2v) is 8.57. The van der Waals surface area contributed by atoms with Crippen LogP contribution in [0.25, 0.3) is 0 Å². The molecule has 0 saturated carbocycles. The molecule has 0 radical (unpaired) electrons. The van der Waals surface area contributed by atoms with Crippen LogP contribution >= 0.6 is 0 Å². The molecule has 0 atom stereocenters. The van der Waals surface area contributed by atoms with E-state index < -0.39 is 29.8 Å². The molecule has 1 aromatic carbocycles. The van der Waals surface area contributed by atoms with Gasteiger partial charge in [0.15, 0.2) is 0 Å². The number of carboxylic acid groups (broad SMARTS) is 2. The molecular weight excluding hydrogens is 542 g/mol. The number of carbonyl (C=O) groups excluding carboxylic acids is 1. The van der Waals surface area contributed by atoms with Crippen molar-refractivity contribution in [3.8, 4) is 11.8 Å². The van der Waals surface area contributed by atoms with Gasteiger partial charge < -0.3 is 19.8 Å². The summed E-state index contributed by atoms with van der Waals surface area (Å²) in [7, 11) is 3.72. The predicted octanol–water partition coefficient (Wildman–Crippen LogP) is 2.59. The smallest absolute Gasteiger partial charge is 0.490 e. The lowest BCUT2D eigenvalue weighted by atomic mass is 9.82. The third kappa shape index (κ3) is 9.91. The minimum Gasteiger partial charge on any atom is -0.497 e. The highest BCUT2D eigenvalue weighted by atomic mass is 19.4. The van der Waals surface area contributed by atoms with Crippen LogP contribution in [-0.2, 0) is 20.9 Å². The molecule has 2 saturated heterocycles. The zero-order valence-electron chi connectivity index (χ0n) is 21.1. The molecule has 39 heavy (non-hydrogen) atoms. The van der Waals surface area contributed by atoms with Crippen LogP contribution in [-0.4, -0.2) is 108 Å². The fourth-order valence-corrected chi connectivity index (χ4v) is 3.95. The first-order valence-corrected chi connectivity index (χ1v) is 11.3. The van der Waals surface area contributed by atoms with E-state index in [1.165, 1.54) is 5.56 Å². The summed E-state index contributed by atoms with van der Waals surface area (Å²) in [5, 5.41) is 23.2. The first kappa shape index (κ1) is 33.4. The Morgan fingerprint density at radius 3 is 1.82 bits per heavy atom. The maximum Gasteiger partial charge on any atom is 0.490 e. The second-order valence-electron chi connectivity index (χ2n) is 8.57. The quantitative estimate of drug-likeness (QED) is 0.414. The number of likely N-dealkylation sites (N-methyl/N-ethyl adjacent to an activating group) is 1. The Kier molecular flexibility index (Phi) is 12.0. The number of nitrogens with zero attached hydrogens (tertiary/aromatic N) is 4. The number of piperazine rings is 1. The summed E-state index contributed by atoms with van der Waals surface area (Å²) in [5.74, 6) is -4.51. The van der Waals surface area contributed by atoms with Gasteiger partial charge in [-0.2, -0.15) is 31.6 Å². The Hall–Kier alpha value is -3.58. The van der Waals surface area contributed by atoms with Gasteiger partial charge in [0.2, 0.25) is 5.91 Å². The third-order valence-corrected chi connectivity index (χ3v) is 6.12. The summed E-state index contributed by atoms with van der Waals surface area (Å²) in [6.07, 6.45) is -8.53. The fraction of sp³-hybridized carbons (Fsp3) is 0.565. The van der Waals surface area contributed by atoms with Crippen molar-refractivity contribution >= 4 is 17.8 Å². The van der Waals surface area contributed by atoms with Crippen molar-refractivity contribution in [2.45, 2.75) is 37.3 Å². The van der Waals surface area contributed by atoms with E-state index in [-0.39, 0.29) is 12.5 Å². The van der Waals surface area contributed by atoms with Crippen LogP contribution in [0.15, 0.2) is 24.3 Å². The fourth-order valence-electron chi connectivity index (χ4n) is 3.95. The van der Waals surface area contributed by atoms with Crippen LogP contribution < -0.4 is 4.74 Å². The zero-order chi connectivity index (χ0) is 30.0. The standard InChI is InChI=1S/C19H26N4O2.2C2HF3O2/c1-21-13-14-23(12-9-20)18(24)19(21)7-10-22(11-8-19)15-16-3-5-17(25-2)6-4-16;2*3-2(4,5)1(6)7/h3-6H,7-8,10-15H2,1-2H3;2*(H,6,7). The van der Waals surface area contributed by atoms with Crippen molar-refractivity contribution in [3.63, 3.8) is 0 Å². The van der Waals surface area contributed by atoms with Gasteiger partial charge in [-0.3, -0.25) is 14.6 Å². The highest BCUT2D eigenvalue weighted by Gasteiger charge is 2.49. The minimum absolute atomic E-state index is 0.131. The Bertz CT molecular complexity index is 994. The maximum atomic E-state index is 12.9. The molecular formula is C23H28F6N4O6. The molecule has 1 amide bonds. The molecule has 2 fully saturated rings. The number of benzene rings is 1. The molecule has 2 N–H and O–H groups in total. The number of hydrogen-bond acceptors (Lipinski definition) is 7. The molecule has 2 aliphatic heterocycles. The van der Waals surface area contributed by atoms with Crippen LogP contribution in [0.4, 0.5) is 26.3 Å². The normalized spacial score (nSPS) is 17.7. The van der Waals surface area contributed by atoms with Crippen LogP contribution in [0.5, 0.6) is 5.75 Å². The number of methoxy groups -OCH3 is 1. The zero-order valence-corrected chi connectivity index (χ0v) is 21.1. The number of likely N-dealkylation sites (tertiary alicyclic amines) is 1. The Labute approximate surface area is 219 Å². The molecule has 0 bridgehead atoms. The van der Waals surface area contributed by atoms with Gasteiger partial charge in [0, 0.05) is 32.7 Å². The summed E-state index contributed by atoms with van der Waals surface area (Å²) in [6.45, 7) is 4.36. The Morgan fingerprint density at radius 2 is 1.44 bits per heavy atom. The third-order valence-electron chi connectivity index (χ3n) is 6.12. The number of nitriles is 1. The molecule has 1 aromatic rings. The van der Waals surface area contributed by atoms with Crippen molar-refractivity contribution in [3.05, 3.63) is 29.8 Å². The second kappa shape index (κ2) is 14.0. The number of amides is 1. The van der Waals surface area contributed by atoms with E-state index in [0.29, 0.717) is 6.54 Å². The number of halogens is 6. The van der Waals surface area contributed by atoms with Gasteiger partial charge in [0.05, 0.1) is 13.2 Å². The van der Waals surface area contributed by atoms with E-state index in [1.807, 2.05) is 19.2 Å². The summed E-state index contributed by atoms with van der Waals surface area (Å²) < 4.78 is 68.7. The summed E-state index contributed by atoms with van der Waals surface area (Å²) >= 11 is 0. The maximum absolute atomic E-state index is 12.9. The van der Waals surface area contributed by atoms with Gasteiger partial charge in [-0.25, -0.2) is 9.59 Å². The van der Waals surface area contributed by atoms with E-state index in [4.69, 9.17) is 29.8 Å². The summed E-state index contributed by atoms with van der Waals surface area (Å²) in [5.41, 5.74) is 0.831. The lowest BCUT2D eigenvalue weighted by Gasteiger charge is -2.51. The molecule has 10 nitrogen and oxygen atoms in total. The highest BCUT2D eigenvalue weighted by molar-refractivity contribution is 5.87. The van der Waals surface area contributed by atoms with Gasteiger partial charge in [0.25, 0.3) is 0 Å². The number of aliphatic carboxylic acids is 2. The minimum atomic E-state index is -5.08. The van der Waals surface area contributed by atoms with Crippen LogP contribution in [0.1, 0.15) is 18.4 Å². The van der Waals surface area contributed by atoms with Gasteiger partial charge in [-0.15, -0.1) is 0 Å². The molecule has 2 aliphatic rings. The number of rotatable bonds is 4. The van der Waals surface area contributed by atoms with Crippen LogP contribution in [0.3, 0.4) is 0 Å². The average molecular weight is 570 g/mol. The topological polar surface area (TPSA) is 134 Å². The Balaban J connectivity index is 0.000000449. The lowest BCUT2D eigenvalue weighted by molar-refractivity contribution is -0.193. The van der Waals surface area contributed by atoms with E-state index >= 15 is 0 Å². The van der Waals surface area contributed by atoms with Gasteiger partial charge in [-0.05, 0) is 37.6 Å². The molecule has 3 rings (SSSR count). The van der Waals surface area contributed by atoms with Crippen molar-refractivity contribution in [2.24, 2.45) is 0 Å². The van der Waals surface area contributed by atoms with Gasteiger partial charge >= 0.3 is 24.3 Å². The number of alkyl halides is 6. The summed E-state index contributed by atoms with van der Waals surface area (Å²) in [6, 6.07) is 10.3. The van der Waals surface area contributed by atoms with E-state index in [0.717, 1.165) is 44.8 Å². The van der Waals surface area contributed by atoms with Crippen molar-refractivity contribution in [1.29, 1.82) is 5.26 Å². The number of ether oxygens (including phenoxy) is 1. The van der Waals surface area contributed by atoms with Crippen molar-refractivity contribution in [1.82, 2.24) is 14.7 Å². The predicted molar refractivity (Wildman–Crippen MR) is 122 cm³/mol. The van der Waals surface area contributed by atoms with E-state index in [1.54, 1.807) is 12.0 Å². The average Bonchev–Trinajstić information content (AvgIpc) is 2.86. The molecule has 0 aliphatic carbocycles. The molecule has 0 unspecified atom stereocenters. The number of piperidine rings is 1.